The minimum Gasteiger partial charge on any atom is -0.492 e. The van der Waals surface area contributed by atoms with Crippen LogP contribution in [0, 0.1) is 13.8 Å². The number of carbonyl (C=O) groups excluding carboxylic acids is 1. The predicted molar refractivity (Wildman–Crippen MR) is 91.6 cm³/mol. The molecule has 1 amide bonds. The van der Waals surface area contributed by atoms with Gasteiger partial charge < -0.3 is 10.1 Å². The quantitative estimate of drug-likeness (QED) is 0.777. The molecule has 0 saturated carbocycles. The Balaban J connectivity index is 1.93. The fourth-order valence-electron chi connectivity index (χ4n) is 2.19. The number of primary sulfonamides is 1. The number of nitrogens with one attached hydrogen (secondary N) is 1. The summed E-state index contributed by atoms with van der Waals surface area (Å²) in [7, 11) is -3.86. The Bertz CT molecular complexity index is 847. The summed E-state index contributed by atoms with van der Waals surface area (Å²) in [6.07, 6.45) is 0. The highest BCUT2D eigenvalue weighted by Crippen LogP contribution is 2.15. The van der Waals surface area contributed by atoms with Crippen molar-refractivity contribution < 1.29 is 17.9 Å². The molecule has 128 valence electrons. The van der Waals surface area contributed by atoms with E-state index in [0.29, 0.717) is 18.7 Å². The maximum absolute atomic E-state index is 12.1. The van der Waals surface area contributed by atoms with E-state index >= 15 is 0 Å². The Morgan fingerprint density at radius 3 is 2.58 bits per heavy atom. The summed E-state index contributed by atoms with van der Waals surface area (Å²) < 4.78 is 28.5. The summed E-state index contributed by atoms with van der Waals surface area (Å²) in [5.74, 6) is 0.351. The maximum atomic E-state index is 12.1. The fraction of sp³-hybridized carbons (Fsp3) is 0.235. The molecular weight excluding hydrogens is 328 g/mol. The molecule has 0 aliphatic carbocycles. The number of rotatable bonds is 6. The summed E-state index contributed by atoms with van der Waals surface area (Å²) in [6.45, 7) is 4.20. The molecule has 0 aromatic heterocycles. The summed E-state index contributed by atoms with van der Waals surface area (Å²) in [5.41, 5.74) is 1.82. The monoisotopic (exact) mass is 348 g/mol. The van der Waals surface area contributed by atoms with Crippen LogP contribution in [0.25, 0.3) is 0 Å². The van der Waals surface area contributed by atoms with Crippen molar-refractivity contribution in [3.05, 3.63) is 59.2 Å². The lowest BCUT2D eigenvalue weighted by Crippen LogP contribution is -2.28. The van der Waals surface area contributed by atoms with E-state index in [-0.39, 0.29) is 16.4 Å². The van der Waals surface area contributed by atoms with Crippen LogP contribution in [0.2, 0.25) is 0 Å². The Hall–Kier alpha value is -2.38. The number of aryl methyl sites for hydroxylation is 2. The molecule has 24 heavy (non-hydrogen) atoms. The average Bonchev–Trinajstić information content (AvgIpc) is 2.50. The second-order valence-electron chi connectivity index (χ2n) is 5.45. The van der Waals surface area contributed by atoms with Crippen LogP contribution in [0.15, 0.2) is 47.4 Å². The lowest BCUT2D eigenvalue weighted by atomic mass is 10.1. The van der Waals surface area contributed by atoms with Crippen LogP contribution < -0.4 is 15.2 Å². The minimum atomic E-state index is -3.86. The molecule has 0 aliphatic heterocycles. The first-order chi connectivity index (χ1) is 11.3. The van der Waals surface area contributed by atoms with E-state index in [4.69, 9.17) is 9.88 Å². The molecule has 0 aliphatic rings. The number of nitrogens with two attached hydrogens (primary N) is 1. The fourth-order valence-corrected chi connectivity index (χ4v) is 3.00. The molecule has 0 bridgehead atoms. The first-order valence-electron chi connectivity index (χ1n) is 7.38. The second kappa shape index (κ2) is 7.46. The highest BCUT2D eigenvalue weighted by molar-refractivity contribution is 7.89. The lowest BCUT2D eigenvalue weighted by Gasteiger charge is -2.10. The molecule has 0 radical (unpaired) electrons. The molecule has 0 unspecified atom stereocenters. The Morgan fingerprint density at radius 1 is 1.17 bits per heavy atom. The molecule has 0 spiro atoms. The van der Waals surface area contributed by atoms with Crippen molar-refractivity contribution in [2.24, 2.45) is 5.14 Å². The van der Waals surface area contributed by atoms with Crippen LogP contribution in [-0.4, -0.2) is 27.5 Å². The van der Waals surface area contributed by atoms with Gasteiger partial charge in [-0.3, -0.25) is 4.79 Å². The van der Waals surface area contributed by atoms with Gasteiger partial charge in [0.25, 0.3) is 5.91 Å². The summed E-state index contributed by atoms with van der Waals surface area (Å²) >= 11 is 0. The second-order valence-corrected chi connectivity index (χ2v) is 6.98. The molecular formula is C17H20N2O4S. The van der Waals surface area contributed by atoms with Crippen molar-refractivity contribution >= 4 is 15.9 Å². The molecule has 2 aromatic rings. The standard InChI is InChI=1S/C17H20N2O4S/c1-12-4-3-5-15(10-12)23-9-8-19-17(20)14-7-6-13(2)16(11-14)24(18,21)22/h3-7,10-11H,8-9H2,1-2H3,(H,19,20)(H2,18,21,22). The first kappa shape index (κ1) is 18.0. The molecule has 6 nitrogen and oxygen atoms in total. The summed E-state index contributed by atoms with van der Waals surface area (Å²) in [5, 5.41) is 7.83. The zero-order valence-corrected chi connectivity index (χ0v) is 14.4. The topological polar surface area (TPSA) is 98.5 Å². The van der Waals surface area contributed by atoms with Gasteiger partial charge in [-0.2, -0.15) is 0 Å². The van der Waals surface area contributed by atoms with Crippen LogP contribution >= 0.6 is 0 Å². The number of hydrogen-bond donors (Lipinski definition) is 2. The van der Waals surface area contributed by atoms with Crippen molar-refractivity contribution in [1.29, 1.82) is 0 Å². The van der Waals surface area contributed by atoms with Crippen LogP contribution in [-0.2, 0) is 10.0 Å². The van der Waals surface area contributed by atoms with Gasteiger partial charge in [0.15, 0.2) is 0 Å². The van der Waals surface area contributed by atoms with Gasteiger partial charge in [-0.25, -0.2) is 13.6 Å². The van der Waals surface area contributed by atoms with Crippen molar-refractivity contribution in [1.82, 2.24) is 5.32 Å². The van der Waals surface area contributed by atoms with Gasteiger partial charge in [0.1, 0.15) is 12.4 Å². The molecule has 0 saturated heterocycles. The third-order valence-electron chi connectivity index (χ3n) is 3.40. The summed E-state index contributed by atoms with van der Waals surface area (Å²) in [6, 6.07) is 12.0. The number of ether oxygens (including phenoxy) is 1. The smallest absolute Gasteiger partial charge is 0.251 e. The summed E-state index contributed by atoms with van der Waals surface area (Å²) in [4.78, 5) is 12.0. The molecule has 0 heterocycles. The van der Waals surface area contributed by atoms with Gasteiger partial charge in [0.2, 0.25) is 10.0 Å². The van der Waals surface area contributed by atoms with Gasteiger partial charge >= 0.3 is 0 Å². The number of benzene rings is 2. The normalized spacial score (nSPS) is 11.1. The zero-order chi connectivity index (χ0) is 17.7. The molecule has 0 atom stereocenters. The Labute approximate surface area is 141 Å². The first-order valence-corrected chi connectivity index (χ1v) is 8.93. The molecule has 7 heteroatoms. The SMILES string of the molecule is Cc1cccc(OCCNC(=O)c2ccc(C)c(S(N)(=O)=O)c2)c1. The number of hydrogen-bond acceptors (Lipinski definition) is 4. The van der Waals surface area contributed by atoms with E-state index in [1.54, 1.807) is 19.1 Å². The van der Waals surface area contributed by atoms with Gasteiger partial charge in [0.05, 0.1) is 11.4 Å². The lowest BCUT2D eigenvalue weighted by molar-refractivity contribution is 0.0946. The van der Waals surface area contributed by atoms with Gasteiger partial charge in [-0.1, -0.05) is 18.2 Å². The highest BCUT2D eigenvalue weighted by atomic mass is 32.2. The van der Waals surface area contributed by atoms with Crippen molar-refractivity contribution in [2.75, 3.05) is 13.2 Å². The van der Waals surface area contributed by atoms with Crippen molar-refractivity contribution in [3.8, 4) is 5.75 Å². The van der Waals surface area contributed by atoms with E-state index < -0.39 is 10.0 Å². The molecule has 2 aromatic carbocycles. The van der Waals surface area contributed by atoms with Crippen molar-refractivity contribution in [2.45, 2.75) is 18.7 Å². The van der Waals surface area contributed by atoms with Crippen LogP contribution in [0.3, 0.4) is 0 Å². The number of sulfonamides is 1. The van der Waals surface area contributed by atoms with E-state index in [0.717, 1.165) is 11.3 Å². The third kappa shape index (κ3) is 4.81. The Kier molecular flexibility index (Phi) is 5.58. The van der Waals surface area contributed by atoms with Crippen LogP contribution in [0.1, 0.15) is 21.5 Å². The van der Waals surface area contributed by atoms with Crippen LogP contribution in [0.5, 0.6) is 5.75 Å². The van der Waals surface area contributed by atoms with E-state index in [9.17, 15) is 13.2 Å². The predicted octanol–water partition coefficient (Wildman–Crippen LogP) is 1.76. The van der Waals surface area contributed by atoms with E-state index in [2.05, 4.69) is 5.32 Å². The van der Waals surface area contributed by atoms with Gasteiger partial charge in [-0.05, 0) is 49.2 Å². The maximum Gasteiger partial charge on any atom is 0.251 e. The Morgan fingerprint density at radius 2 is 1.92 bits per heavy atom. The van der Waals surface area contributed by atoms with E-state index in [1.807, 2.05) is 31.2 Å². The van der Waals surface area contributed by atoms with Gasteiger partial charge in [-0.15, -0.1) is 0 Å². The molecule has 0 fully saturated rings. The third-order valence-corrected chi connectivity index (χ3v) is 4.46. The van der Waals surface area contributed by atoms with Gasteiger partial charge in [0, 0.05) is 5.56 Å². The minimum absolute atomic E-state index is 0.0499. The largest absolute Gasteiger partial charge is 0.492 e. The zero-order valence-electron chi connectivity index (χ0n) is 13.6. The highest BCUT2D eigenvalue weighted by Gasteiger charge is 2.15. The molecule has 2 rings (SSSR count). The van der Waals surface area contributed by atoms with Crippen LogP contribution in [0.4, 0.5) is 0 Å². The van der Waals surface area contributed by atoms with E-state index in [1.165, 1.54) is 6.07 Å². The molecule has 3 N–H and O–H groups in total. The number of carbonyl (C=O) groups is 1. The van der Waals surface area contributed by atoms with Crippen molar-refractivity contribution in [3.63, 3.8) is 0 Å². The number of amides is 1. The average molecular weight is 348 g/mol.